The van der Waals surface area contributed by atoms with Crippen molar-refractivity contribution in [2.75, 3.05) is 0 Å². The number of carboxylic acids is 1. The molecule has 2 aromatic rings. The molecule has 1 N–H and O–H groups in total. The third kappa shape index (κ3) is 1.52. The molecule has 0 amide bonds. The summed E-state index contributed by atoms with van der Waals surface area (Å²) in [7, 11) is 0. The van der Waals surface area contributed by atoms with Crippen LogP contribution in [-0.4, -0.2) is 11.1 Å². The minimum absolute atomic E-state index is 0.645. The first-order chi connectivity index (χ1) is 8.13. The highest BCUT2D eigenvalue weighted by Crippen LogP contribution is 2.50. The number of benzene rings is 2. The second-order valence-electron chi connectivity index (χ2n) is 4.56. The van der Waals surface area contributed by atoms with Crippen LogP contribution in [0.1, 0.15) is 18.4 Å². The second-order valence-corrected chi connectivity index (χ2v) is 4.99. The van der Waals surface area contributed by atoms with Crippen molar-refractivity contribution in [3.8, 4) is 0 Å². The predicted molar refractivity (Wildman–Crippen MR) is 67.5 cm³/mol. The zero-order valence-electron chi connectivity index (χ0n) is 9.11. The van der Waals surface area contributed by atoms with Crippen molar-refractivity contribution in [3.63, 3.8) is 0 Å². The van der Waals surface area contributed by atoms with Gasteiger partial charge in [-0.3, -0.25) is 4.79 Å². The average molecular weight is 247 g/mol. The molecule has 2 nitrogen and oxygen atoms in total. The third-order valence-electron chi connectivity index (χ3n) is 3.52. The Balaban J connectivity index is 2.30. The Morgan fingerprint density at radius 2 is 2.00 bits per heavy atom. The Morgan fingerprint density at radius 3 is 2.65 bits per heavy atom. The number of hydrogen-bond donors (Lipinski definition) is 1. The minimum Gasteiger partial charge on any atom is -0.481 e. The van der Waals surface area contributed by atoms with Gasteiger partial charge >= 0.3 is 5.97 Å². The highest BCUT2D eigenvalue weighted by molar-refractivity contribution is 6.31. The standard InChI is InChI=1S/C14H11ClO2/c15-10-5-4-9-2-1-3-12(11(9)8-10)14(6-7-14)13(16)17/h1-5,8H,6-7H2,(H,16,17). The quantitative estimate of drug-likeness (QED) is 0.879. The van der Waals surface area contributed by atoms with Gasteiger partial charge in [-0.05, 0) is 41.3 Å². The van der Waals surface area contributed by atoms with Crippen molar-refractivity contribution in [2.24, 2.45) is 0 Å². The Morgan fingerprint density at radius 1 is 1.24 bits per heavy atom. The van der Waals surface area contributed by atoms with Crippen LogP contribution in [0.4, 0.5) is 0 Å². The lowest BCUT2D eigenvalue weighted by Gasteiger charge is -2.13. The first kappa shape index (κ1) is 10.6. The molecule has 0 aromatic heterocycles. The molecule has 17 heavy (non-hydrogen) atoms. The maximum atomic E-state index is 11.4. The lowest BCUT2D eigenvalue weighted by atomic mass is 9.91. The van der Waals surface area contributed by atoms with Crippen molar-refractivity contribution in [1.29, 1.82) is 0 Å². The van der Waals surface area contributed by atoms with Crippen LogP contribution < -0.4 is 0 Å². The van der Waals surface area contributed by atoms with E-state index < -0.39 is 11.4 Å². The van der Waals surface area contributed by atoms with Crippen LogP contribution in [0.15, 0.2) is 36.4 Å². The highest BCUT2D eigenvalue weighted by atomic mass is 35.5. The summed E-state index contributed by atoms with van der Waals surface area (Å²) in [6, 6.07) is 11.4. The van der Waals surface area contributed by atoms with Crippen molar-refractivity contribution in [2.45, 2.75) is 18.3 Å². The van der Waals surface area contributed by atoms with E-state index in [1.54, 1.807) is 0 Å². The van der Waals surface area contributed by atoms with Crippen molar-refractivity contribution in [1.82, 2.24) is 0 Å². The van der Waals surface area contributed by atoms with Gasteiger partial charge in [0.15, 0.2) is 0 Å². The maximum Gasteiger partial charge on any atom is 0.314 e. The predicted octanol–water partition coefficient (Wildman–Crippen LogP) is 3.61. The molecule has 1 saturated carbocycles. The molecule has 0 heterocycles. The van der Waals surface area contributed by atoms with Gasteiger partial charge in [-0.1, -0.05) is 35.9 Å². The van der Waals surface area contributed by atoms with Gasteiger partial charge in [0.1, 0.15) is 0 Å². The van der Waals surface area contributed by atoms with Crippen LogP contribution in [0, 0.1) is 0 Å². The molecule has 0 radical (unpaired) electrons. The number of fused-ring (bicyclic) bond motifs is 1. The van der Waals surface area contributed by atoms with Crippen molar-refractivity contribution in [3.05, 3.63) is 47.0 Å². The van der Waals surface area contributed by atoms with E-state index in [0.29, 0.717) is 17.9 Å². The van der Waals surface area contributed by atoms with Crippen LogP contribution in [0.5, 0.6) is 0 Å². The van der Waals surface area contributed by atoms with Crippen LogP contribution in [0.3, 0.4) is 0 Å². The number of aliphatic carboxylic acids is 1. The molecule has 86 valence electrons. The molecule has 0 bridgehead atoms. The maximum absolute atomic E-state index is 11.4. The fourth-order valence-corrected chi connectivity index (χ4v) is 2.56. The number of rotatable bonds is 2. The summed E-state index contributed by atoms with van der Waals surface area (Å²) in [4.78, 5) is 11.4. The van der Waals surface area contributed by atoms with E-state index in [9.17, 15) is 9.90 Å². The summed E-state index contributed by atoms with van der Waals surface area (Å²) >= 11 is 5.99. The Kier molecular flexibility index (Phi) is 2.17. The second kappa shape index (κ2) is 3.47. The average Bonchev–Trinajstić information content (AvgIpc) is 3.09. The molecule has 2 aromatic carbocycles. The summed E-state index contributed by atoms with van der Waals surface area (Å²) in [5, 5.41) is 12.0. The smallest absolute Gasteiger partial charge is 0.314 e. The SMILES string of the molecule is O=C(O)C1(c2cccc3ccc(Cl)cc23)CC1. The molecule has 0 unspecified atom stereocenters. The molecule has 1 aliphatic rings. The van der Waals surface area contributed by atoms with Crippen molar-refractivity contribution >= 4 is 28.3 Å². The molecule has 3 heteroatoms. The Bertz CT molecular complexity index is 615. The van der Waals surface area contributed by atoms with E-state index in [1.807, 2.05) is 36.4 Å². The van der Waals surface area contributed by atoms with E-state index in [4.69, 9.17) is 11.6 Å². The molecular formula is C14H11ClO2. The van der Waals surface area contributed by atoms with Gasteiger partial charge in [0.05, 0.1) is 5.41 Å². The fraction of sp³-hybridized carbons (Fsp3) is 0.214. The molecule has 3 rings (SSSR count). The lowest BCUT2D eigenvalue weighted by Crippen LogP contribution is -2.19. The first-order valence-corrected chi connectivity index (χ1v) is 5.93. The zero-order chi connectivity index (χ0) is 12.0. The number of halogens is 1. The Labute approximate surface area is 104 Å². The van der Waals surface area contributed by atoms with Crippen LogP contribution in [0.2, 0.25) is 5.02 Å². The summed E-state index contributed by atoms with van der Waals surface area (Å²) in [5.41, 5.74) is 0.217. The van der Waals surface area contributed by atoms with Gasteiger partial charge in [-0.15, -0.1) is 0 Å². The van der Waals surface area contributed by atoms with E-state index in [-0.39, 0.29) is 0 Å². The third-order valence-corrected chi connectivity index (χ3v) is 3.75. The zero-order valence-corrected chi connectivity index (χ0v) is 9.87. The number of hydrogen-bond acceptors (Lipinski definition) is 1. The molecule has 0 saturated heterocycles. The molecular weight excluding hydrogens is 236 g/mol. The van der Waals surface area contributed by atoms with E-state index in [2.05, 4.69) is 0 Å². The van der Waals surface area contributed by atoms with Gasteiger partial charge in [0.25, 0.3) is 0 Å². The topological polar surface area (TPSA) is 37.3 Å². The first-order valence-electron chi connectivity index (χ1n) is 5.56. The van der Waals surface area contributed by atoms with Gasteiger partial charge in [0, 0.05) is 5.02 Å². The molecule has 1 fully saturated rings. The van der Waals surface area contributed by atoms with E-state index in [1.165, 1.54) is 0 Å². The monoisotopic (exact) mass is 246 g/mol. The lowest BCUT2D eigenvalue weighted by molar-refractivity contribution is -0.139. The molecule has 0 spiro atoms. The van der Waals surface area contributed by atoms with E-state index >= 15 is 0 Å². The van der Waals surface area contributed by atoms with Crippen LogP contribution in [-0.2, 0) is 10.2 Å². The number of carbonyl (C=O) groups is 1. The van der Waals surface area contributed by atoms with Gasteiger partial charge in [-0.25, -0.2) is 0 Å². The van der Waals surface area contributed by atoms with Gasteiger partial charge in [0.2, 0.25) is 0 Å². The normalized spacial score (nSPS) is 17.0. The van der Waals surface area contributed by atoms with Crippen molar-refractivity contribution < 1.29 is 9.90 Å². The van der Waals surface area contributed by atoms with Crippen LogP contribution >= 0.6 is 11.6 Å². The summed E-state index contributed by atoms with van der Waals surface area (Å²) in [6.45, 7) is 0. The molecule has 0 aliphatic heterocycles. The highest BCUT2D eigenvalue weighted by Gasteiger charge is 2.52. The van der Waals surface area contributed by atoms with Crippen LogP contribution in [0.25, 0.3) is 10.8 Å². The van der Waals surface area contributed by atoms with Gasteiger partial charge < -0.3 is 5.11 Å². The fourth-order valence-electron chi connectivity index (χ4n) is 2.39. The Hall–Kier alpha value is -1.54. The summed E-state index contributed by atoms with van der Waals surface area (Å²) in [5.74, 6) is -0.732. The number of carboxylic acid groups (broad SMARTS) is 1. The minimum atomic E-state index is -0.732. The van der Waals surface area contributed by atoms with Gasteiger partial charge in [-0.2, -0.15) is 0 Å². The molecule has 1 aliphatic carbocycles. The molecule has 0 atom stereocenters. The largest absolute Gasteiger partial charge is 0.481 e. The summed E-state index contributed by atoms with van der Waals surface area (Å²) in [6.07, 6.45) is 1.43. The summed E-state index contributed by atoms with van der Waals surface area (Å²) < 4.78 is 0. The van der Waals surface area contributed by atoms with E-state index in [0.717, 1.165) is 16.3 Å².